The van der Waals surface area contributed by atoms with Crippen molar-refractivity contribution >= 4 is 21.7 Å². The van der Waals surface area contributed by atoms with E-state index < -0.39 is 0 Å². The highest BCUT2D eigenvalue weighted by Gasteiger charge is 1.99. The van der Waals surface area contributed by atoms with Gasteiger partial charge in [-0.25, -0.2) is 4.98 Å². The Balaban J connectivity index is 1.87. The van der Waals surface area contributed by atoms with Crippen molar-refractivity contribution in [2.75, 3.05) is 11.9 Å². The smallest absolute Gasteiger partial charge is 0.126 e. The molecule has 0 aliphatic carbocycles. The number of nitrogens with zero attached hydrogens (tertiary/aromatic N) is 1. The second-order valence-corrected chi connectivity index (χ2v) is 4.37. The molecule has 2 heterocycles. The number of hydrogen-bond donors (Lipinski definition) is 1. The summed E-state index contributed by atoms with van der Waals surface area (Å²) >= 11 is 3.42. The molecule has 2 rings (SSSR count). The molecular formula is C12H13BrN2O. The third-order valence-corrected chi connectivity index (χ3v) is 3.12. The summed E-state index contributed by atoms with van der Waals surface area (Å²) in [4.78, 5) is 4.40. The highest BCUT2D eigenvalue weighted by atomic mass is 79.9. The Morgan fingerprint density at radius 3 is 2.94 bits per heavy atom. The molecule has 0 saturated heterocycles. The molecule has 3 nitrogen and oxygen atoms in total. The minimum absolute atomic E-state index is 0.821. The van der Waals surface area contributed by atoms with Crippen LogP contribution in [-0.2, 0) is 6.42 Å². The molecule has 0 aromatic carbocycles. The van der Waals surface area contributed by atoms with Crippen LogP contribution in [0.4, 0.5) is 5.82 Å². The van der Waals surface area contributed by atoms with E-state index in [2.05, 4.69) is 26.2 Å². The number of nitrogens with one attached hydrogen (secondary N) is 1. The minimum Gasteiger partial charge on any atom is -0.469 e. The molecule has 0 radical (unpaired) electrons. The molecule has 2 aromatic rings. The van der Waals surface area contributed by atoms with Crippen LogP contribution in [0.3, 0.4) is 0 Å². The van der Waals surface area contributed by atoms with Gasteiger partial charge in [-0.3, -0.25) is 0 Å². The van der Waals surface area contributed by atoms with E-state index in [1.165, 1.54) is 0 Å². The summed E-state index contributed by atoms with van der Waals surface area (Å²) in [5.74, 6) is 1.88. The third-order valence-electron chi connectivity index (χ3n) is 2.28. The van der Waals surface area contributed by atoms with Crippen molar-refractivity contribution < 1.29 is 4.42 Å². The molecule has 4 heteroatoms. The highest BCUT2D eigenvalue weighted by molar-refractivity contribution is 9.10. The summed E-state index contributed by atoms with van der Waals surface area (Å²) in [7, 11) is 0. The van der Waals surface area contributed by atoms with Crippen LogP contribution < -0.4 is 5.32 Å². The fourth-order valence-corrected chi connectivity index (χ4v) is 1.63. The Bertz CT molecular complexity index is 454. The maximum absolute atomic E-state index is 5.25. The van der Waals surface area contributed by atoms with Crippen molar-refractivity contribution in [2.24, 2.45) is 0 Å². The van der Waals surface area contributed by atoms with Gasteiger partial charge in [0.25, 0.3) is 0 Å². The van der Waals surface area contributed by atoms with Gasteiger partial charge in [-0.1, -0.05) is 0 Å². The fraction of sp³-hybridized carbons (Fsp3) is 0.250. The van der Waals surface area contributed by atoms with Crippen molar-refractivity contribution in [3.63, 3.8) is 0 Å². The van der Waals surface area contributed by atoms with E-state index in [-0.39, 0.29) is 0 Å². The Kier molecular flexibility index (Phi) is 3.62. The van der Waals surface area contributed by atoms with E-state index in [1.54, 1.807) is 6.26 Å². The van der Waals surface area contributed by atoms with E-state index in [9.17, 15) is 0 Å². The molecular weight excluding hydrogens is 268 g/mol. The molecule has 2 aromatic heterocycles. The number of hydrogen-bond acceptors (Lipinski definition) is 3. The van der Waals surface area contributed by atoms with E-state index >= 15 is 0 Å². The molecule has 0 atom stereocenters. The van der Waals surface area contributed by atoms with Crippen LogP contribution in [0, 0.1) is 6.92 Å². The first kappa shape index (κ1) is 11.2. The van der Waals surface area contributed by atoms with Gasteiger partial charge in [0, 0.05) is 17.4 Å². The minimum atomic E-state index is 0.821. The zero-order chi connectivity index (χ0) is 11.4. The largest absolute Gasteiger partial charge is 0.469 e. The van der Waals surface area contributed by atoms with Crippen molar-refractivity contribution in [1.82, 2.24) is 4.98 Å². The van der Waals surface area contributed by atoms with E-state index in [1.807, 2.05) is 31.2 Å². The summed E-state index contributed by atoms with van der Waals surface area (Å²) in [6, 6.07) is 7.83. The zero-order valence-corrected chi connectivity index (χ0v) is 10.6. The van der Waals surface area contributed by atoms with Crippen LogP contribution >= 0.6 is 15.9 Å². The van der Waals surface area contributed by atoms with Gasteiger partial charge in [-0.15, -0.1) is 0 Å². The Hall–Kier alpha value is -1.29. The predicted octanol–water partition coefficient (Wildman–Crippen LogP) is 3.40. The lowest BCUT2D eigenvalue weighted by Crippen LogP contribution is -2.06. The lowest BCUT2D eigenvalue weighted by atomic mass is 10.3. The second kappa shape index (κ2) is 5.16. The van der Waals surface area contributed by atoms with Gasteiger partial charge < -0.3 is 9.73 Å². The van der Waals surface area contributed by atoms with Crippen LogP contribution in [0.15, 0.2) is 39.4 Å². The van der Waals surface area contributed by atoms with E-state index in [4.69, 9.17) is 4.42 Å². The highest BCUT2D eigenvalue weighted by Crippen LogP contribution is 2.16. The first-order valence-electron chi connectivity index (χ1n) is 5.15. The number of aromatic nitrogens is 1. The van der Waals surface area contributed by atoms with Gasteiger partial charge in [-0.2, -0.15) is 0 Å². The van der Waals surface area contributed by atoms with Gasteiger partial charge in [0.15, 0.2) is 0 Å². The van der Waals surface area contributed by atoms with Crippen LogP contribution in [0.1, 0.15) is 11.5 Å². The topological polar surface area (TPSA) is 38.1 Å². The lowest BCUT2D eigenvalue weighted by Gasteiger charge is -2.05. The van der Waals surface area contributed by atoms with Gasteiger partial charge in [0.05, 0.1) is 12.0 Å². The maximum atomic E-state index is 5.25. The number of halogens is 1. The molecule has 84 valence electrons. The average Bonchev–Trinajstić information content (AvgIpc) is 2.76. The summed E-state index contributed by atoms with van der Waals surface area (Å²) in [5.41, 5.74) is 0.989. The number of furan rings is 1. The molecule has 0 saturated carbocycles. The van der Waals surface area contributed by atoms with Crippen molar-refractivity contribution in [1.29, 1.82) is 0 Å². The first-order valence-corrected chi connectivity index (χ1v) is 5.94. The maximum Gasteiger partial charge on any atom is 0.126 e. The quantitative estimate of drug-likeness (QED) is 0.933. The molecule has 0 bridgehead atoms. The Morgan fingerprint density at radius 2 is 2.25 bits per heavy atom. The van der Waals surface area contributed by atoms with Gasteiger partial charge in [0.2, 0.25) is 0 Å². The zero-order valence-electron chi connectivity index (χ0n) is 9.03. The monoisotopic (exact) mass is 280 g/mol. The van der Waals surface area contributed by atoms with Crippen molar-refractivity contribution in [3.8, 4) is 0 Å². The predicted molar refractivity (Wildman–Crippen MR) is 67.6 cm³/mol. The van der Waals surface area contributed by atoms with Crippen LogP contribution in [0.2, 0.25) is 0 Å². The summed E-state index contributed by atoms with van der Waals surface area (Å²) < 4.78 is 6.28. The number of rotatable bonds is 4. The van der Waals surface area contributed by atoms with Crippen molar-refractivity contribution in [3.05, 3.63) is 46.5 Å². The van der Waals surface area contributed by atoms with E-state index in [0.29, 0.717) is 0 Å². The van der Waals surface area contributed by atoms with Crippen molar-refractivity contribution in [2.45, 2.75) is 13.3 Å². The van der Waals surface area contributed by atoms with Gasteiger partial charge >= 0.3 is 0 Å². The fourth-order valence-electron chi connectivity index (χ4n) is 1.41. The standard InChI is InChI=1S/C12H13BrN2O/c1-9-11(13)4-5-12(15-9)14-7-6-10-3-2-8-16-10/h2-5,8H,6-7H2,1H3,(H,14,15). The number of pyridine rings is 1. The Morgan fingerprint density at radius 1 is 1.38 bits per heavy atom. The summed E-state index contributed by atoms with van der Waals surface area (Å²) in [6.45, 7) is 2.80. The molecule has 16 heavy (non-hydrogen) atoms. The molecule has 0 amide bonds. The first-order chi connectivity index (χ1) is 7.75. The lowest BCUT2D eigenvalue weighted by molar-refractivity contribution is 0.513. The summed E-state index contributed by atoms with van der Waals surface area (Å²) in [6.07, 6.45) is 2.56. The van der Waals surface area contributed by atoms with E-state index in [0.717, 1.165) is 34.7 Å². The summed E-state index contributed by atoms with van der Waals surface area (Å²) in [5, 5.41) is 3.26. The third kappa shape index (κ3) is 2.85. The Labute approximate surface area is 103 Å². The normalized spacial score (nSPS) is 10.4. The van der Waals surface area contributed by atoms with Crippen LogP contribution in [0.5, 0.6) is 0 Å². The van der Waals surface area contributed by atoms with Gasteiger partial charge in [0.1, 0.15) is 11.6 Å². The molecule has 1 N–H and O–H groups in total. The number of aryl methyl sites for hydroxylation is 1. The number of anilines is 1. The molecule has 0 unspecified atom stereocenters. The van der Waals surface area contributed by atoms with Crippen LogP contribution in [0.25, 0.3) is 0 Å². The van der Waals surface area contributed by atoms with Crippen LogP contribution in [-0.4, -0.2) is 11.5 Å². The SMILES string of the molecule is Cc1nc(NCCc2ccco2)ccc1Br. The van der Waals surface area contributed by atoms with Gasteiger partial charge in [-0.05, 0) is 47.1 Å². The average molecular weight is 281 g/mol. The molecule has 0 aliphatic heterocycles. The molecule has 0 spiro atoms. The second-order valence-electron chi connectivity index (χ2n) is 3.52. The molecule has 0 fully saturated rings. The molecule has 0 aliphatic rings.